The summed E-state index contributed by atoms with van der Waals surface area (Å²) in [5, 5.41) is 2.74. The van der Waals surface area contributed by atoms with Crippen molar-refractivity contribution in [2.45, 2.75) is 32.9 Å². The van der Waals surface area contributed by atoms with Crippen LogP contribution in [0.5, 0.6) is 0 Å². The van der Waals surface area contributed by atoms with E-state index in [-0.39, 0.29) is 0 Å². The standard InChI is InChI=1S/C25H27N3/c1-19-26-24-11-4-5-12-25(24)28(19)17-20-13-15-27(16-14-20)18-22-9-6-8-21-7-2-3-10-23(21)22/h2-12,20H,13-18H2,1H3. The number of benzene rings is 3. The average Bonchev–Trinajstić information content (AvgIpc) is 3.05. The Morgan fingerprint density at radius 1 is 0.893 bits per heavy atom. The molecular formula is C25H27N3. The van der Waals surface area contributed by atoms with Crippen molar-refractivity contribution in [3.8, 4) is 0 Å². The van der Waals surface area contributed by atoms with Crippen LogP contribution in [0.15, 0.2) is 66.7 Å². The number of piperidine rings is 1. The average molecular weight is 370 g/mol. The Labute approximate surface area is 166 Å². The number of hydrogen-bond acceptors (Lipinski definition) is 2. The van der Waals surface area contributed by atoms with Crippen molar-refractivity contribution in [1.29, 1.82) is 0 Å². The largest absolute Gasteiger partial charge is 0.328 e. The van der Waals surface area contributed by atoms with Crippen LogP contribution >= 0.6 is 0 Å². The van der Waals surface area contributed by atoms with Crippen LogP contribution in [0.4, 0.5) is 0 Å². The van der Waals surface area contributed by atoms with Crippen molar-refractivity contribution in [3.63, 3.8) is 0 Å². The molecule has 4 aromatic rings. The van der Waals surface area contributed by atoms with Gasteiger partial charge in [-0.05, 0) is 67.2 Å². The number of para-hydroxylation sites is 2. The van der Waals surface area contributed by atoms with E-state index in [4.69, 9.17) is 4.98 Å². The van der Waals surface area contributed by atoms with Gasteiger partial charge in [0.1, 0.15) is 5.82 Å². The Kier molecular flexibility index (Phi) is 4.61. The van der Waals surface area contributed by atoms with Crippen molar-refractivity contribution in [1.82, 2.24) is 14.5 Å². The van der Waals surface area contributed by atoms with E-state index in [1.165, 1.54) is 47.8 Å². The lowest BCUT2D eigenvalue weighted by Crippen LogP contribution is -2.34. The third-order valence-corrected chi connectivity index (χ3v) is 6.27. The fraction of sp³-hybridized carbons (Fsp3) is 0.320. The highest BCUT2D eigenvalue weighted by Crippen LogP contribution is 2.26. The van der Waals surface area contributed by atoms with Gasteiger partial charge in [-0.1, -0.05) is 54.6 Å². The van der Waals surface area contributed by atoms with Crippen molar-refractivity contribution >= 4 is 21.8 Å². The molecule has 1 aromatic heterocycles. The Hall–Kier alpha value is -2.65. The predicted molar refractivity (Wildman–Crippen MR) is 116 cm³/mol. The summed E-state index contributed by atoms with van der Waals surface area (Å²) in [7, 11) is 0. The van der Waals surface area contributed by atoms with Crippen molar-refractivity contribution < 1.29 is 0 Å². The van der Waals surface area contributed by atoms with E-state index >= 15 is 0 Å². The molecule has 2 heterocycles. The number of aromatic nitrogens is 2. The third kappa shape index (κ3) is 3.31. The zero-order valence-corrected chi connectivity index (χ0v) is 16.5. The maximum absolute atomic E-state index is 4.73. The van der Waals surface area contributed by atoms with E-state index in [2.05, 4.69) is 83.1 Å². The molecule has 3 heteroatoms. The number of nitrogens with zero attached hydrogens (tertiary/aromatic N) is 3. The minimum absolute atomic E-state index is 0.736. The first-order valence-electron chi connectivity index (χ1n) is 10.4. The summed E-state index contributed by atoms with van der Waals surface area (Å²) in [5.74, 6) is 1.87. The van der Waals surface area contributed by atoms with Gasteiger partial charge in [-0.25, -0.2) is 4.98 Å². The van der Waals surface area contributed by atoms with Crippen LogP contribution in [-0.2, 0) is 13.1 Å². The van der Waals surface area contributed by atoms with E-state index in [0.29, 0.717) is 0 Å². The summed E-state index contributed by atoms with van der Waals surface area (Å²) in [6.07, 6.45) is 2.52. The normalized spacial score (nSPS) is 16.2. The Morgan fingerprint density at radius 2 is 1.64 bits per heavy atom. The highest BCUT2D eigenvalue weighted by molar-refractivity contribution is 5.85. The van der Waals surface area contributed by atoms with Crippen molar-refractivity contribution in [2.24, 2.45) is 5.92 Å². The molecule has 142 valence electrons. The second-order valence-corrected chi connectivity index (χ2v) is 8.12. The Balaban J connectivity index is 1.26. The molecule has 5 rings (SSSR count). The molecule has 0 saturated carbocycles. The van der Waals surface area contributed by atoms with Crippen LogP contribution in [0, 0.1) is 12.8 Å². The van der Waals surface area contributed by atoms with Crippen LogP contribution in [-0.4, -0.2) is 27.5 Å². The number of likely N-dealkylation sites (tertiary alicyclic amines) is 1. The lowest BCUT2D eigenvalue weighted by Gasteiger charge is -2.32. The molecule has 0 bridgehead atoms. The number of aryl methyl sites for hydroxylation is 1. The van der Waals surface area contributed by atoms with Gasteiger partial charge in [0.15, 0.2) is 0 Å². The lowest BCUT2D eigenvalue weighted by atomic mass is 9.95. The first-order chi connectivity index (χ1) is 13.8. The topological polar surface area (TPSA) is 21.1 Å². The lowest BCUT2D eigenvalue weighted by molar-refractivity contribution is 0.168. The van der Waals surface area contributed by atoms with Crippen LogP contribution in [0.2, 0.25) is 0 Å². The molecule has 1 aliphatic heterocycles. The molecular weight excluding hydrogens is 342 g/mol. The maximum Gasteiger partial charge on any atom is 0.106 e. The molecule has 0 atom stereocenters. The molecule has 0 spiro atoms. The number of hydrogen-bond donors (Lipinski definition) is 0. The quantitative estimate of drug-likeness (QED) is 0.479. The second-order valence-electron chi connectivity index (χ2n) is 8.12. The van der Waals surface area contributed by atoms with Crippen LogP contribution < -0.4 is 0 Å². The SMILES string of the molecule is Cc1nc2ccccc2n1CC1CCN(Cc2cccc3ccccc23)CC1. The van der Waals surface area contributed by atoms with E-state index in [0.717, 1.165) is 30.3 Å². The predicted octanol–water partition coefficient (Wildman–Crippen LogP) is 5.41. The molecule has 3 aromatic carbocycles. The minimum atomic E-state index is 0.736. The Morgan fingerprint density at radius 3 is 2.54 bits per heavy atom. The van der Waals surface area contributed by atoms with Crippen LogP contribution in [0.1, 0.15) is 24.2 Å². The summed E-state index contributed by atoms with van der Waals surface area (Å²) in [5.41, 5.74) is 3.85. The summed E-state index contributed by atoms with van der Waals surface area (Å²) in [6.45, 7) is 6.64. The molecule has 0 radical (unpaired) electrons. The highest BCUT2D eigenvalue weighted by Gasteiger charge is 2.21. The van der Waals surface area contributed by atoms with Gasteiger partial charge < -0.3 is 4.57 Å². The van der Waals surface area contributed by atoms with Gasteiger partial charge in [0.25, 0.3) is 0 Å². The van der Waals surface area contributed by atoms with Gasteiger partial charge in [0.05, 0.1) is 11.0 Å². The molecule has 0 amide bonds. The third-order valence-electron chi connectivity index (χ3n) is 6.27. The van der Waals surface area contributed by atoms with Gasteiger partial charge in [-0.15, -0.1) is 0 Å². The number of imidazole rings is 1. The monoisotopic (exact) mass is 369 g/mol. The van der Waals surface area contributed by atoms with Gasteiger partial charge >= 0.3 is 0 Å². The summed E-state index contributed by atoms with van der Waals surface area (Å²) in [4.78, 5) is 7.35. The summed E-state index contributed by atoms with van der Waals surface area (Å²) < 4.78 is 2.42. The first kappa shape index (κ1) is 17.4. The fourth-order valence-electron chi connectivity index (χ4n) is 4.68. The van der Waals surface area contributed by atoms with E-state index in [9.17, 15) is 0 Å². The Bertz CT molecular complexity index is 1100. The molecule has 1 aliphatic rings. The zero-order valence-electron chi connectivity index (χ0n) is 16.5. The first-order valence-corrected chi connectivity index (χ1v) is 10.4. The highest BCUT2D eigenvalue weighted by atomic mass is 15.1. The second kappa shape index (κ2) is 7.40. The molecule has 28 heavy (non-hydrogen) atoms. The molecule has 0 unspecified atom stereocenters. The number of fused-ring (bicyclic) bond motifs is 2. The fourth-order valence-corrected chi connectivity index (χ4v) is 4.68. The summed E-state index contributed by atoms with van der Waals surface area (Å²) in [6, 6.07) is 23.9. The smallest absolute Gasteiger partial charge is 0.106 e. The van der Waals surface area contributed by atoms with E-state index in [1.807, 2.05) is 0 Å². The van der Waals surface area contributed by atoms with Gasteiger partial charge in [0, 0.05) is 13.1 Å². The molecule has 0 aliphatic carbocycles. The van der Waals surface area contributed by atoms with Gasteiger partial charge in [-0.3, -0.25) is 4.90 Å². The number of rotatable bonds is 4. The van der Waals surface area contributed by atoms with Crippen molar-refractivity contribution in [3.05, 3.63) is 78.1 Å². The molecule has 3 nitrogen and oxygen atoms in total. The van der Waals surface area contributed by atoms with Crippen LogP contribution in [0.25, 0.3) is 21.8 Å². The molecule has 1 saturated heterocycles. The van der Waals surface area contributed by atoms with Gasteiger partial charge in [-0.2, -0.15) is 0 Å². The minimum Gasteiger partial charge on any atom is -0.328 e. The van der Waals surface area contributed by atoms with Crippen LogP contribution in [0.3, 0.4) is 0 Å². The van der Waals surface area contributed by atoms with Crippen molar-refractivity contribution in [2.75, 3.05) is 13.1 Å². The summed E-state index contributed by atoms with van der Waals surface area (Å²) >= 11 is 0. The van der Waals surface area contributed by atoms with Gasteiger partial charge in [0.2, 0.25) is 0 Å². The molecule has 1 fully saturated rings. The molecule has 0 N–H and O–H groups in total. The van der Waals surface area contributed by atoms with E-state index in [1.54, 1.807) is 0 Å². The van der Waals surface area contributed by atoms with E-state index < -0.39 is 0 Å². The zero-order chi connectivity index (χ0) is 18.9. The maximum atomic E-state index is 4.73.